The number of halogens is 1. The van der Waals surface area contributed by atoms with Crippen LogP contribution in [0.25, 0.3) is 0 Å². The Balaban J connectivity index is 0. The monoisotopic (exact) mass is 194 g/mol. The van der Waals surface area contributed by atoms with Crippen molar-refractivity contribution < 1.29 is 19.1 Å². The van der Waals surface area contributed by atoms with E-state index in [0.29, 0.717) is 6.61 Å². The minimum atomic E-state index is -0.571. The largest absolute Gasteiger partial charge is 0.466 e. The van der Waals surface area contributed by atoms with E-state index in [1.54, 1.807) is 6.92 Å². The third-order valence-corrected chi connectivity index (χ3v) is 0.843. The molecule has 0 saturated heterocycles. The molecule has 0 aromatic rings. The molecule has 0 spiro atoms. The van der Waals surface area contributed by atoms with Crippen molar-refractivity contribution in [2.24, 2.45) is 0 Å². The van der Waals surface area contributed by atoms with Crippen LogP contribution in [0.4, 0.5) is 0 Å². The molecular weight excluding hydrogens is 184 g/mol. The van der Waals surface area contributed by atoms with E-state index in [4.69, 9.17) is 0 Å². The molecule has 12 heavy (non-hydrogen) atoms. The number of hydrogen-bond acceptors (Lipinski definition) is 4. The quantitative estimate of drug-likeness (QED) is 0.490. The first-order valence-corrected chi connectivity index (χ1v) is 3.13. The summed E-state index contributed by atoms with van der Waals surface area (Å²) >= 11 is 0. The molecule has 0 aromatic heterocycles. The molecule has 0 N–H and O–H groups in total. The highest BCUT2D eigenvalue weighted by molar-refractivity contribution is 5.91. The van der Waals surface area contributed by atoms with Crippen LogP contribution >= 0.6 is 12.4 Å². The van der Waals surface area contributed by atoms with Gasteiger partial charge in [0, 0.05) is 12.2 Å². The van der Waals surface area contributed by atoms with Gasteiger partial charge in [0.1, 0.15) is 0 Å². The average Bonchev–Trinajstić information content (AvgIpc) is 2.01. The highest BCUT2D eigenvalue weighted by Crippen LogP contribution is 1.82. The van der Waals surface area contributed by atoms with Gasteiger partial charge >= 0.3 is 11.9 Å². The Labute approximate surface area is 76.9 Å². The molecule has 0 aromatic carbocycles. The molecule has 0 aliphatic carbocycles. The molecule has 70 valence electrons. The number of carbonyl (C=O) groups excluding carboxylic acids is 2. The number of hydrogen-bond donors (Lipinski definition) is 0. The Morgan fingerprint density at radius 1 is 1.25 bits per heavy atom. The van der Waals surface area contributed by atoms with E-state index in [1.807, 2.05) is 0 Å². The van der Waals surface area contributed by atoms with Crippen molar-refractivity contribution in [2.45, 2.75) is 6.92 Å². The van der Waals surface area contributed by atoms with Crippen LogP contribution in [-0.2, 0) is 19.1 Å². The summed E-state index contributed by atoms with van der Waals surface area (Å²) in [5.41, 5.74) is 0. The lowest BCUT2D eigenvalue weighted by atomic mass is 10.5. The minimum Gasteiger partial charge on any atom is -0.466 e. The fourth-order valence-electron chi connectivity index (χ4n) is 0.394. The predicted octanol–water partition coefficient (Wildman–Crippen LogP) is 0.700. The second-order valence-electron chi connectivity index (χ2n) is 1.61. The molecule has 5 heteroatoms. The lowest BCUT2D eigenvalue weighted by Gasteiger charge is -1.93. The maximum atomic E-state index is 10.5. The molecule has 0 amide bonds. The second-order valence-corrected chi connectivity index (χ2v) is 1.61. The minimum absolute atomic E-state index is 0. The lowest BCUT2D eigenvalue weighted by Crippen LogP contribution is -2.01. The number of esters is 2. The summed E-state index contributed by atoms with van der Waals surface area (Å²) in [6.45, 7) is 1.98. The third-order valence-electron chi connectivity index (χ3n) is 0.843. The molecule has 0 rings (SSSR count). The smallest absolute Gasteiger partial charge is 0.330 e. The van der Waals surface area contributed by atoms with Crippen LogP contribution < -0.4 is 0 Å². The number of rotatable bonds is 3. The first-order chi connectivity index (χ1) is 5.20. The first kappa shape index (κ1) is 13.6. The number of ether oxygens (including phenoxy) is 2. The van der Waals surface area contributed by atoms with Gasteiger partial charge in [0.05, 0.1) is 13.7 Å². The number of methoxy groups -OCH3 is 1. The molecule has 0 atom stereocenters. The normalized spacial score (nSPS) is 8.83. The Hall–Kier alpha value is -1.03. The van der Waals surface area contributed by atoms with Gasteiger partial charge in [0.15, 0.2) is 0 Å². The molecule has 0 radical (unpaired) electrons. The maximum Gasteiger partial charge on any atom is 0.330 e. The van der Waals surface area contributed by atoms with Gasteiger partial charge in [-0.2, -0.15) is 0 Å². The van der Waals surface area contributed by atoms with Crippen LogP contribution in [0.1, 0.15) is 6.92 Å². The Bertz CT molecular complexity index is 176. The molecule has 0 bridgehead atoms. The standard InChI is InChI=1S/C7H10O4.ClH/c1-3-11-7(9)5-4-6(8)10-2;/h4-5H,3H2,1-2H3;1H/b5-4+;. The summed E-state index contributed by atoms with van der Waals surface area (Å²) in [7, 11) is 1.23. The fraction of sp³-hybridized carbons (Fsp3) is 0.429. The van der Waals surface area contributed by atoms with E-state index >= 15 is 0 Å². The summed E-state index contributed by atoms with van der Waals surface area (Å²) in [6.07, 6.45) is 2.04. The molecule has 0 fully saturated rings. The molecule has 0 saturated carbocycles. The molecular formula is C7H11ClO4. The zero-order chi connectivity index (χ0) is 8.69. The van der Waals surface area contributed by atoms with Crippen LogP contribution in [0.5, 0.6) is 0 Å². The van der Waals surface area contributed by atoms with Crippen LogP contribution in [-0.4, -0.2) is 25.7 Å². The van der Waals surface area contributed by atoms with Gasteiger partial charge in [-0.05, 0) is 6.92 Å². The van der Waals surface area contributed by atoms with E-state index in [-0.39, 0.29) is 12.4 Å². The van der Waals surface area contributed by atoms with Crippen molar-refractivity contribution in [2.75, 3.05) is 13.7 Å². The summed E-state index contributed by atoms with van der Waals surface area (Å²) in [4.78, 5) is 21.0. The van der Waals surface area contributed by atoms with Crippen molar-refractivity contribution in [3.63, 3.8) is 0 Å². The maximum absolute atomic E-state index is 10.5. The highest BCUT2D eigenvalue weighted by Gasteiger charge is 1.96. The van der Waals surface area contributed by atoms with E-state index < -0.39 is 11.9 Å². The predicted molar refractivity (Wildman–Crippen MR) is 45.0 cm³/mol. The first-order valence-electron chi connectivity index (χ1n) is 3.13. The van der Waals surface area contributed by atoms with E-state index in [0.717, 1.165) is 12.2 Å². The molecule has 0 unspecified atom stereocenters. The second kappa shape index (κ2) is 8.07. The third kappa shape index (κ3) is 7.08. The van der Waals surface area contributed by atoms with Crippen LogP contribution in [0.15, 0.2) is 12.2 Å². The van der Waals surface area contributed by atoms with Crippen molar-refractivity contribution in [3.8, 4) is 0 Å². The molecule has 0 aliphatic heterocycles. The summed E-state index contributed by atoms with van der Waals surface area (Å²) in [5, 5.41) is 0. The molecule has 0 heterocycles. The summed E-state index contributed by atoms with van der Waals surface area (Å²) in [5.74, 6) is -1.11. The highest BCUT2D eigenvalue weighted by atomic mass is 35.5. The van der Waals surface area contributed by atoms with E-state index in [9.17, 15) is 9.59 Å². The summed E-state index contributed by atoms with van der Waals surface area (Å²) in [6, 6.07) is 0. The SMILES string of the molecule is CCOC(=O)/C=C/C(=O)OC.Cl. The van der Waals surface area contributed by atoms with Crippen LogP contribution in [0.3, 0.4) is 0 Å². The topological polar surface area (TPSA) is 52.6 Å². The Morgan fingerprint density at radius 2 is 1.75 bits per heavy atom. The van der Waals surface area contributed by atoms with Crippen LogP contribution in [0.2, 0.25) is 0 Å². The van der Waals surface area contributed by atoms with Gasteiger partial charge in [0.2, 0.25) is 0 Å². The van der Waals surface area contributed by atoms with Gasteiger partial charge in [-0.15, -0.1) is 12.4 Å². The lowest BCUT2D eigenvalue weighted by molar-refractivity contribution is -0.139. The fourth-order valence-corrected chi connectivity index (χ4v) is 0.394. The molecule has 0 aliphatic rings. The van der Waals surface area contributed by atoms with Gasteiger partial charge in [-0.3, -0.25) is 0 Å². The average molecular weight is 195 g/mol. The van der Waals surface area contributed by atoms with E-state index in [2.05, 4.69) is 9.47 Å². The van der Waals surface area contributed by atoms with Crippen LogP contribution in [0, 0.1) is 0 Å². The Kier molecular flexibility index (Phi) is 9.11. The zero-order valence-electron chi connectivity index (χ0n) is 6.90. The summed E-state index contributed by atoms with van der Waals surface area (Å²) < 4.78 is 8.75. The van der Waals surface area contributed by atoms with Crippen molar-refractivity contribution in [1.29, 1.82) is 0 Å². The Morgan fingerprint density at radius 3 is 2.17 bits per heavy atom. The van der Waals surface area contributed by atoms with Crippen molar-refractivity contribution >= 4 is 24.3 Å². The molecule has 4 nitrogen and oxygen atoms in total. The van der Waals surface area contributed by atoms with Gasteiger partial charge < -0.3 is 9.47 Å². The van der Waals surface area contributed by atoms with Gasteiger partial charge in [-0.1, -0.05) is 0 Å². The van der Waals surface area contributed by atoms with Crippen molar-refractivity contribution in [3.05, 3.63) is 12.2 Å². The van der Waals surface area contributed by atoms with E-state index in [1.165, 1.54) is 7.11 Å². The van der Waals surface area contributed by atoms with Crippen molar-refractivity contribution in [1.82, 2.24) is 0 Å². The number of carbonyl (C=O) groups is 2. The zero-order valence-corrected chi connectivity index (χ0v) is 7.72. The van der Waals surface area contributed by atoms with Gasteiger partial charge in [-0.25, -0.2) is 9.59 Å². The van der Waals surface area contributed by atoms with Gasteiger partial charge in [0.25, 0.3) is 0 Å².